The maximum absolute atomic E-state index is 13.1. The Morgan fingerprint density at radius 2 is 1.93 bits per heavy atom. The number of halogens is 1. The number of sulfone groups is 1. The minimum atomic E-state index is -3.02. The monoisotopic (exact) mass is 422 g/mol. The first-order valence-corrected chi connectivity index (χ1v) is 12.6. The molecule has 5 rings (SSSR count). The molecule has 5 nitrogen and oxygen atoms in total. The number of rotatable bonds is 3. The summed E-state index contributed by atoms with van der Waals surface area (Å²) < 4.78 is 37.4. The summed E-state index contributed by atoms with van der Waals surface area (Å²) >= 11 is 1.46. The summed E-state index contributed by atoms with van der Waals surface area (Å²) in [6.07, 6.45) is 4.89. The number of fused-ring (bicyclic) bond motifs is 3. The number of nitrogens with zero attached hydrogens (tertiary/aromatic N) is 2. The summed E-state index contributed by atoms with van der Waals surface area (Å²) in [6, 6.07) is 6.14. The lowest BCUT2D eigenvalue weighted by atomic mass is 9.93. The van der Waals surface area contributed by atoms with Crippen LogP contribution in [0, 0.1) is 17.7 Å². The predicted octanol–water partition coefficient (Wildman–Crippen LogP) is 2.65. The Hall–Kier alpha value is -1.41. The van der Waals surface area contributed by atoms with Gasteiger partial charge in [-0.2, -0.15) is 4.99 Å². The van der Waals surface area contributed by atoms with E-state index in [1.807, 2.05) is 0 Å². The van der Waals surface area contributed by atoms with E-state index in [1.165, 1.54) is 43.2 Å². The highest BCUT2D eigenvalue weighted by Crippen LogP contribution is 2.51. The quantitative estimate of drug-likeness (QED) is 0.749. The molecule has 2 aliphatic carbocycles. The van der Waals surface area contributed by atoms with Gasteiger partial charge in [-0.25, -0.2) is 12.8 Å². The molecular formula is C20H23FN2O3S2. The van der Waals surface area contributed by atoms with Crippen LogP contribution in [0.2, 0.25) is 0 Å². The van der Waals surface area contributed by atoms with Crippen molar-refractivity contribution >= 4 is 32.7 Å². The van der Waals surface area contributed by atoms with E-state index >= 15 is 0 Å². The zero-order valence-electron chi connectivity index (χ0n) is 15.5. The molecule has 1 aromatic carbocycles. The Kier molecular flexibility index (Phi) is 4.54. The standard InChI is InChI=1S/C20H23FN2O3S2/c21-15-5-2-12(3-6-15)9-19(24)22-20-23(16-8-13-1-4-14(16)7-13)17-10-28(25,26)11-18(17)27-20/h2-3,5-6,13-14,16-18H,1,4,7-11H2. The molecule has 28 heavy (non-hydrogen) atoms. The van der Waals surface area contributed by atoms with Gasteiger partial charge < -0.3 is 4.90 Å². The lowest BCUT2D eigenvalue weighted by Crippen LogP contribution is -2.47. The van der Waals surface area contributed by atoms with Gasteiger partial charge in [-0.05, 0) is 48.8 Å². The first-order chi connectivity index (χ1) is 13.4. The summed E-state index contributed by atoms with van der Waals surface area (Å²) in [7, 11) is -3.02. The van der Waals surface area contributed by atoms with Crippen molar-refractivity contribution in [1.82, 2.24) is 4.90 Å². The summed E-state index contributed by atoms with van der Waals surface area (Å²) in [5, 5.41) is 0.677. The molecule has 2 saturated carbocycles. The molecule has 0 radical (unpaired) electrons. The van der Waals surface area contributed by atoms with Crippen LogP contribution in [0.15, 0.2) is 29.3 Å². The van der Waals surface area contributed by atoms with Crippen molar-refractivity contribution in [2.75, 3.05) is 11.5 Å². The van der Waals surface area contributed by atoms with E-state index in [1.54, 1.807) is 12.1 Å². The number of thioether (sulfide) groups is 1. The number of benzene rings is 1. The zero-order chi connectivity index (χ0) is 19.5. The zero-order valence-corrected chi connectivity index (χ0v) is 17.1. The smallest absolute Gasteiger partial charge is 0.252 e. The minimum Gasteiger partial charge on any atom is -0.343 e. The lowest BCUT2D eigenvalue weighted by molar-refractivity contribution is -0.117. The Morgan fingerprint density at radius 3 is 2.61 bits per heavy atom. The fraction of sp³-hybridized carbons (Fsp3) is 0.600. The Balaban J connectivity index is 1.40. The minimum absolute atomic E-state index is 0.0264. The fourth-order valence-corrected chi connectivity index (χ4v) is 9.44. The van der Waals surface area contributed by atoms with Crippen molar-refractivity contribution in [3.8, 4) is 0 Å². The van der Waals surface area contributed by atoms with E-state index in [0.717, 1.165) is 17.9 Å². The molecule has 0 N–H and O–H groups in total. The summed E-state index contributed by atoms with van der Waals surface area (Å²) in [5.41, 5.74) is 0.730. The first kappa shape index (κ1) is 18.6. The molecule has 0 aromatic heterocycles. The first-order valence-electron chi connectivity index (χ1n) is 9.89. The van der Waals surface area contributed by atoms with Crippen molar-refractivity contribution < 1.29 is 17.6 Å². The van der Waals surface area contributed by atoms with Gasteiger partial charge in [0.25, 0.3) is 5.91 Å². The number of hydrogen-bond acceptors (Lipinski definition) is 4. The summed E-state index contributed by atoms with van der Waals surface area (Å²) in [5.74, 6) is 1.07. The third-order valence-electron chi connectivity index (χ3n) is 6.65. The largest absolute Gasteiger partial charge is 0.343 e. The second-order valence-electron chi connectivity index (χ2n) is 8.54. The highest BCUT2D eigenvalue weighted by molar-refractivity contribution is 8.15. The maximum Gasteiger partial charge on any atom is 0.252 e. The second kappa shape index (κ2) is 6.83. The third-order valence-corrected chi connectivity index (χ3v) is 9.88. The van der Waals surface area contributed by atoms with Crippen LogP contribution >= 0.6 is 11.8 Å². The van der Waals surface area contributed by atoms with Crippen molar-refractivity contribution in [1.29, 1.82) is 0 Å². The van der Waals surface area contributed by atoms with Gasteiger partial charge in [0.05, 0.1) is 24.0 Å². The second-order valence-corrected chi connectivity index (χ2v) is 11.9. The SMILES string of the molecule is O=C(Cc1ccc(F)cc1)N=C1SC2CS(=O)(=O)CC2N1C1CC2CCC1C2. The molecule has 2 bridgehead atoms. The van der Waals surface area contributed by atoms with Crippen LogP contribution in [0.3, 0.4) is 0 Å². The molecule has 5 unspecified atom stereocenters. The maximum atomic E-state index is 13.1. The van der Waals surface area contributed by atoms with Crippen molar-refractivity contribution in [2.24, 2.45) is 16.8 Å². The number of carbonyl (C=O) groups excluding carboxylic acids is 1. The number of amides is 1. The average Bonchev–Trinajstić information content (AvgIpc) is 3.36. The summed E-state index contributed by atoms with van der Waals surface area (Å²) in [4.78, 5) is 19.2. The van der Waals surface area contributed by atoms with Crippen LogP contribution in [0.5, 0.6) is 0 Å². The van der Waals surface area contributed by atoms with Crippen LogP contribution in [0.4, 0.5) is 4.39 Å². The fourth-order valence-electron chi connectivity index (χ4n) is 5.45. The lowest BCUT2D eigenvalue weighted by Gasteiger charge is -2.36. The number of aliphatic imine (C=N–C) groups is 1. The molecule has 4 fully saturated rings. The van der Waals surface area contributed by atoms with Crippen LogP contribution in [0.1, 0.15) is 31.2 Å². The van der Waals surface area contributed by atoms with Crippen LogP contribution in [0.25, 0.3) is 0 Å². The van der Waals surface area contributed by atoms with Gasteiger partial charge in [-0.1, -0.05) is 30.3 Å². The van der Waals surface area contributed by atoms with Crippen molar-refractivity contribution in [3.05, 3.63) is 35.6 Å². The normalized spacial score (nSPS) is 37.0. The molecule has 150 valence electrons. The van der Waals surface area contributed by atoms with Crippen molar-refractivity contribution in [2.45, 2.75) is 49.4 Å². The molecule has 0 spiro atoms. The van der Waals surface area contributed by atoms with Gasteiger partial charge in [-0.15, -0.1) is 0 Å². The average molecular weight is 423 g/mol. The van der Waals surface area contributed by atoms with Gasteiger partial charge in [0.2, 0.25) is 0 Å². The molecule has 4 aliphatic rings. The molecule has 8 heteroatoms. The molecule has 2 heterocycles. The molecular weight excluding hydrogens is 399 g/mol. The number of amidine groups is 1. The molecule has 2 saturated heterocycles. The van der Waals surface area contributed by atoms with Crippen LogP contribution < -0.4 is 0 Å². The van der Waals surface area contributed by atoms with E-state index in [2.05, 4.69) is 9.89 Å². The van der Waals surface area contributed by atoms with Gasteiger partial charge in [0.1, 0.15) is 5.82 Å². The van der Waals surface area contributed by atoms with E-state index < -0.39 is 9.84 Å². The van der Waals surface area contributed by atoms with E-state index in [9.17, 15) is 17.6 Å². The van der Waals surface area contributed by atoms with Gasteiger partial charge >= 0.3 is 0 Å². The molecule has 2 aliphatic heterocycles. The summed E-state index contributed by atoms with van der Waals surface area (Å²) in [6.45, 7) is 0. The molecule has 1 aromatic rings. The van der Waals surface area contributed by atoms with E-state index in [-0.39, 0.29) is 40.9 Å². The van der Waals surface area contributed by atoms with Gasteiger partial charge in [-0.3, -0.25) is 4.79 Å². The Labute approximate surface area is 168 Å². The molecule has 5 atom stereocenters. The number of hydrogen-bond donors (Lipinski definition) is 0. The third kappa shape index (κ3) is 3.38. The Bertz CT molecular complexity index is 931. The van der Waals surface area contributed by atoms with Gasteiger partial charge in [0, 0.05) is 11.3 Å². The highest BCUT2D eigenvalue weighted by atomic mass is 32.2. The highest BCUT2D eigenvalue weighted by Gasteiger charge is 2.54. The topological polar surface area (TPSA) is 66.8 Å². The van der Waals surface area contributed by atoms with Crippen molar-refractivity contribution in [3.63, 3.8) is 0 Å². The molecule has 1 amide bonds. The van der Waals surface area contributed by atoms with Gasteiger partial charge in [0.15, 0.2) is 15.0 Å². The number of carbonyl (C=O) groups is 1. The van der Waals surface area contributed by atoms with Crippen LogP contribution in [-0.4, -0.2) is 53.2 Å². The Morgan fingerprint density at radius 1 is 1.14 bits per heavy atom. The predicted molar refractivity (Wildman–Crippen MR) is 107 cm³/mol. The van der Waals surface area contributed by atoms with E-state index in [0.29, 0.717) is 17.1 Å². The van der Waals surface area contributed by atoms with Crippen LogP contribution in [-0.2, 0) is 21.1 Å². The van der Waals surface area contributed by atoms with E-state index in [4.69, 9.17) is 0 Å².